The highest BCUT2D eigenvalue weighted by Crippen LogP contribution is 2.34. The van der Waals surface area contributed by atoms with Gasteiger partial charge in [-0.1, -0.05) is 66.7 Å². The first-order valence-electron chi connectivity index (χ1n) is 6.96. The van der Waals surface area contributed by atoms with E-state index in [1.165, 1.54) is 11.1 Å². The first-order chi connectivity index (χ1) is 9.77. The number of aliphatic hydroxyl groups excluding tert-OH is 1. The van der Waals surface area contributed by atoms with Crippen molar-refractivity contribution in [3.8, 4) is 0 Å². The SMILES string of the molecule is CC1=C(c2ccccc2C(O)c2ccccc2)CC=C1. The van der Waals surface area contributed by atoms with Crippen LogP contribution in [-0.2, 0) is 0 Å². The summed E-state index contributed by atoms with van der Waals surface area (Å²) in [7, 11) is 0. The molecule has 0 saturated carbocycles. The van der Waals surface area contributed by atoms with Crippen molar-refractivity contribution < 1.29 is 5.11 Å². The quantitative estimate of drug-likeness (QED) is 0.863. The minimum absolute atomic E-state index is 0.576. The molecule has 0 heterocycles. The Hall–Kier alpha value is -2.12. The van der Waals surface area contributed by atoms with E-state index < -0.39 is 6.10 Å². The van der Waals surface area contributed by atoms with Crippen LogP contribution in [0, 0.1) is 0 Å². The zero-order chi connectivity index (χ0) is 13.9. The number of hydrogen-bond acceptors (Lipinski definition) is 1. The molecule has 0 radical (unpaired) electrons. The zero-order valence-electron chi connectivity index (χ0n) is 11.6. The number of benzene rings is 2. The molecule has 0 spiro atoms. The first kappa shape index (κ1) is 12.9. The second-order valence-corrected chi connectivity index (χ2v) is 5.17. The maximum atomic E-state index is 10.7. The van der Waals surface area contributed by atoms with Gasteiger partial charge in [-0.15, -0.1) is 0 Å². The van der Waals surface area contributed by atoms with Gasteiger partial charge in [0.05, 0.1) is 0 Å². The highest BCUT2D eigenvalue weighted by Gasteiger charge is 2.18. The summed E-state index contributed by atoms with van der Waals surface area (Å²) in [5, 5.41) is 10.7. The molecule has 1 atom stereocenters. The molecule has 1 N–H and O–H groups in total. The summed E-state index contributed by atoms with van der Waals surface area (Å²) in [6.07, 6.45) is 4.70. The average molecular weight is 262 g/mol. The Balaban J connectivity index is 2.05. The van der Waals surface area contributed by atoms with E-state index >= 15 is 0 Å². The summed E-state index contributed by atoms with van der Waals surface area (Å²) in [5.74, 6) is 0. The highest BCUT2D eigenvalue weighted by atomic mass is 16.3. The summed E-state index contributed by atoms with van der Waals surface area (Å²) in [4.78, 5) is 0. The number of allylic oxidation sites excluding steroid dienone is 4. The summed E-state index contributed by atoms with van der Waals surface area (Å²) in [5.41, 5.74) is 5.68. The van der Waals surface area contributed by atoms with E-state index in [0.29, 0.717) is 0 Å². The molecule has 0 fully saturated rings. The Bertz CT molecular complexity index is 665. The van der Waals surface area contributed by atoms with Gasteiger partial charge in [-0.2, -0.15) is 0 Å². The van der Waals surface area contributed by atoms with Crippen LogP contribution in [0.4, 0.5) is 0 Å². The summed E-state index contributed by atoms with van der Waals surface area (Å²) in [6, 6.07) is 18.0. The normalized spacial score (nSPS) is 15.7. The average Bonchev–Trinajstić information content (AvgIpc) is 2.93. The van der Waals surface area contributed by atoms with Gasteiger partial charge < -0.3 is 5.11 Å². The molecule has 3 rings (SSSR count). The van der Waals surface area contributed by atoms with Crippen molar-refractivity contribution in [1.82, 2.24) is 0 Å². The molecule has 0 aromatic heterocycles. The highest BCUT2D eigenvalue weighted by molar-refractivity contribution is 5.76. The van der Waals surface area contributed by atoms with E-state index in [1.807, 2.05) is 48.5 Å². The lowest BCUT2D eigenvalue weighted by molar-refractivity contribution is 0.220. The Morgan fingerprint density at radius 3 is 2.35 bits per heavy atom. The van der Waals surface area contributed by atoms with Crippen molar-refractivity contribution in [3.05, 3.63) is 89.0 Å². The Morgan fingerprint density at radius 2 is 1.65 bits per heavy atom. The predicted molar refractivity (Wildman–Crippen MR) is 83.3 cm³/mol. The lowest BCUT2D eigenvalue weighted by atomic mass is 9.91. The van der Waals surface area contributed by atoms with E-state index in [2.05, 4.69) is 25.1 Å². The molecule has 0 aliphatic heterocycles. The summed E-state index contributed by atoms with van der Waals surface area (Å²) in [6.45, 7) is 2.13. The van der Waals surface area contributed by atoms with Crippen LogP contribution in [0.5, 0.6) is 0 Å². The van der Waals surface area contributed by atoms with Gasteiger partial charge in [0, 0.05) is 0 Å². The second-order valence-electron chi connectivity index (χ2n) is 5.17. The second kappa shape index (κ2) is 5.48. The predicted octanol–water partition coefficient (Wildman–Crippen LogP) is 4.50. The molecular weight excluding hydrogens is 244 g/mol. The van der Waals surface area contributed by atoms with Crippen LogP contribution in [0.3, 0.4) is 0 Å². The third kappa shape index (κ3) is 2.33. The van der Waals surface area contributed by atoms with E-state index in [4.69, 9.17) is 0 Å². The van der Waals surface area contributed by atoms with Gasteiger partial charge >= 0.3 is 0 Å². The summed E-state index contributed by atoms with van der Waals surface area (Å²) < 4.78 is 0. The maximum absolute atomic E-state index is 10.7. The molecular formula is C19H18O. The van der Waals surface area contributed by atoms with E-state index in [0.717, 1.165) is 23.1 Å². The molecule has 1 nitrogen and oxygen atoms in total. The van der Waals surface area contributed by atoms with Gasteiger partial charge in [-0.25, -0.2) is 0 Å². The van der Waals surface area contributed by atoms with E-state index in [9.17, 15) is 5.11 Å². The fraction of sp³-hybridized carbons (Fsp3) is 0.158. The number of hydrogen-bond donors (Lipinski definition) is 1. The fourth-order valence-corrected chi connectivity index (χ4v) is 2.76. The molecule has 2 aromatic rings. The monoisotopic (exact) mass is 262 g/mol. The first-order valence-corrected chi connectivity index (χ1v) is 6.96. The van der Waals surface area contributed by atoms with Gasteiger partial charge in [0.2, 0.25) is 0 Å². The Morgan fingerprint density at radius 1 is 0.950 bits per heavy atom. The Kier molecular flexibility index (Phi) is 3.53. The van der Waals surface area contributed by atoms with Gasteiger partial charge in [0.25, 0.3) is 0 Å². The third-order valence-electron chi connectivity index (χ3n) is 3.86. The molecule has 2 aromatic carbocycles. The van der Waals surface area contributed by atoms with Crippen molar-refractivity contribution >= 4 is 5.57 Å². The minimum Gasteiger partial charge on any atom is -0.384 e. The van der Waals surface area contributed by atoms with Gasteiger partial charge in [0.15, 0.2) is 0 Å². The third-order valence-corrected chi connectivity index (χ3v) is 3.86. The molecule has 20 heavy (non-hydrogen) atoms. The van der Waals surface area contributed by atoms with Crippen molar-refractivity contribution in [3.63, 3.8) is 0 Å². The lowest BCUT2D eigenvalue weighted by Crippen LogP contribution is -2.03. The molecule has 0 saturated heterocycles. The summed E-state index contributed by atoms with van der Waals surface area (Å²) >= 11 is 0. The van der Waals surface area contributed by atoms with Crippen molar-refractivity contribution in [1.29, 1.82) is 0 Å². The van der Waals surface area contributed by atoms with Gasteiger partial charge in [-0.05, 0) is 41.2 Å². The van der Waals surface area contributed by atoms with Crippen LogP contribution < -0.4 is 0 Å². The van der Waals surface area contributed by atoms with Crippen LogP contribution in [0.2, 0.25) is 0 Å². The van der Waals surface area contributed by atoms with Crippen LogP contribution >= 0.6 is 0 Å². The van der Waals surface area contributed by atoms with Crippen molar-refractivity contribution in [2.45, 2.75) is 19.4 Å². The standard InChI is InChI=1S/C19H18O/c1-14-8-7-13-16(14)17-11-5-6-12-18(17)19(20)15-9-3-2-4-10-15/h2-12,19-20H,13H2,1H3. The van der Waals surface area contributed by atoms with Crippen LogP contribution in [0.15, 0.2) is 72.3 Å². The molecule has 0 bridgehead atoms. The number of aliphatic hydroxyl groups is 1. The topological polar surface area (TPSA) is 20.2 Å². The van der Waals surface area contributed by atoms with E-state index in [1.54, 1.807) is 0 Å². The smallest absolute Gasteiger partial charge is 0.105 e. The Labute approximate surface area is 119 Å². The molecule has 1 aliphatic rings. The molecule has 1 aliphatic carbocycles. The fourth-order valence-electron chi connectivity index (χ4n) is 2.76. The maximum Gasteiger partial charge on any atom is 0.105 e. The van der Waals surface area contributed by atoms with E-state index in [-0.39, 0.29) is 0 Å². The van der Waals surface area contributed by atoms with Crippen LogP contribution in [0.25, 0.3) is 5.57 Å². The molecule has 1 heteroatoms. The van der Waals surface area contributed by atoms with Crippen molar-refractivity contribution in [2.24, 2.45) is 0 Å². The lowest BCUT2D eigenvalue weighted by Gasteiger charge is -2.17. The van der Waals surface area contributed by atoms with Gasteiger partial charge in [0.1, 0.15) is 6.10 Å². The molecule has 1 unspecified atom stereocenters. The minimum atomic E-state index is -0.576. The van der Waals surface area contributed by atoms with Crippen LogP contribution in [-0.4, -0.2) is 5.11 Å². The largest absolute Gasteiger partial charge is 0.384 e. The van der Waals surface area contributed by atoms with Gasteiger partial charge in [-0.3, -0.25) is 0 Å². The van der Waals surface area contributed by atoms with Crippen molar-refractivity contribution in [2.75, 3.05) is 0 Å². The molecule has 100 valence electrons. The molecule has 0 amide bonds. The zero-order valence-corrected chi connectivity index (χ0v) is 11.6. The van der Waals surface area contributed by atoms with Crippen LogP contribution in [0.1, 0.15) is 36.1 Å². The number of rotatable bonds is 3.